The average molecular weight is 323 g/mol. The molecule has 0 saturated heterocycles. The minimum absolute atomic E-state index is 0.0846. The fraction of sp³-hybridized carbons (Fsp3) is 1.00. The van der Waals surface area contributed by atoms with Crippen LogP contribution in [-0.4, -0.2) is 19.6 Å². The monoisotopic (exact) mass is 322 g/mol. The van der Waals surface area contributed by atoms with Crippen molar-refractivity contribution in [3.05, 3.63) is 0 Å². The zero-order valence-electron chi connectivity index (χ0n) is 14.2. The molecule has 0 amide bonds. The summed E-state index contributed by atoms with van der Waals surface area (Å²) in [5, 5.41) is 0. The van der Waals surface area contributed by atoms with Crippen LogP contribution in [0.3, 0.4) is 0 Å². The molecular formula is C16H34O4S. The zero-order chi connectivity index (χ0) is 16.3. The molecule has 0 aromatic heterocycles. The van der Waals surface area contributed by atoms with E-state index in [1.165, 1.54) is 32.1 Å². The van der Waals surface area contributed by atoms with Gasteiger partial charge in [0.25, 0.3) is 0 Å². The molecule has 128 valence electrons. The van der Waals surface area contributed by atoms with Crippen molar-refractivity contribution < 1.29 is 17.2 Å². The highest BCUT2D eigenvalue weighted by atomic mass is 32.3. The van der Waals surface area contributed by atoms with Gasteiger partial charge in [0.2, 0.25) is 0 Å². The van der Waals surface area contributed by atoms with E-state index in [9.17, 15) is 8.42 Å². The van der Waals surface area contributed by atoms with Crippen molar-refractivity contribution in [2.45, 2.75) is 79.1 Å². The minimum Gasteiger partial charge on any atom is -0.264 e. The van der Waals surface area contributed by atoms with Gasteiger partial charge in [-0.15, -0.1) is 0 Å². The Balaban J connectivity index is 3.70. The molecule has 1 N–H and O–H groups in total. The third-order valence-electron chi connectivity index (χ3n) is 4.12. The molecule has 21 heavy (non-hydrogen) atoms. The highest BCUT2D eigenvalue weighted by Gasteiger charge is 2.11. The molecule has 4 nitrogen and oxygen atoms in total. The van der Waals surface area contributed by atoms with Crippen LogP contribution >= 0.6 is 0 Å². The summed E-state index contributed by atoms with van der Waals surface area (Å²) >= 11 is 0. The van der Waals surface area contributed by atoms with Crippen LogP contribution in [0.15, 0.2) is 0 Å². The first-order valence-corrected chi connectivity index (χ1v) is 9.73. The molecular weight excluding hydrogens is 288 g/mol. The van der Waals surface area contributed by atoms with Crippen LogP contribution in [0.1, 0.15) is 79.1 Å². The lowest BCUT2D eigenvalue weighted by Crippen LogP contribution is -2.09. The summed E-state index contributed by atoms with van der Waals surface area (Å²) in [5.41, 5.74) is 0. The number of hydrogen-bond acceptors (Lipinski definition) is 3. The van der Waals surface area contributed by atoms with E-state index in [2.05, 4.69) is 31.9 Å². The Morgan fingerprint density at radius 1 is 0.952 bits per heavy atom. The third-order valence-corrected chi connectivity index (χ3v) is 4.59. The Kier molecular flexibility index (Phi) is 11.4. The summed E-state index contributed by atoms with van der Waals surface area (Å²) in [6, 6.07) is 0. The first-order valence-electron chi connectivity index (χ1n) is 8.36. The lowest BCUT2D eigenvalue weighted by atomic mass is 9.91. The molecule has 0 heterocycles. The van der Waals surface area contributed by atoms with E-state index < -0.39 is 10.4 Å². The van der Waals surface area contributed by atoms with Crippen LogP contribution in [0.2, 0.25) is 0 Å². The van der Waals surface area contributed by atoms with Gasteiger partial charge in [0, 0.05) is 0 Å². The third kappa shape index (κ3) is 14.6. The SMILES string of the molecule is CCC(CCCC(C)CCCC(C)C)CCOS(=O)(=O)O. The van der Waals surface area contributed by atoms with E-state index in [-0.39, 0.29) is 6.61 Å². The number of hydrogen-bond donors (Lipinski definition) is 1. The molecule has 0 bridgehead atoms. The fourth-order valence-corrected chi connectivity index (χ4v) is 2.95. The summed E-state index contributed by atoms with van der Waals surface area (Å²) in [6.07, 6.45) is 9.20. The van der Waals surface area contributed by atoms with Crippen LogP contribution < -0.4 is 0 Å². The van der Waals surface area contributed by atoms with Crippen molar-refractivity contribution >= 4 is 10.4 Å². The van der Waals surface area contributed by atoms with Crippen LogP contribution in [0.4, 0.5) is 0 Å². The highest BCUT2D eigenvalue weighted by molar-refractivity contribution is 7.80. The molecule has 2 unspecified atom stereocenters. The summed E-state index contributed by atoms with van der Waals surface area (Å²) in [4.78, 5) is 0. The summed E-state index contributed by atoms with van der Waals surface area (Å²) in [7, 11) is -4.28. The predicted molar refractivity (Wildman–Crippen MR) is 87.6 cm³/mol. The summed E-state index contributed by atoms with van der Waals surface area (Å²) in [6.45, 7) is 9.06. The second kappa shape index (κ2) is 11.4. The lowest BCUT2D eigenvalue weighted by Gasteiger charge is -2.16. The Morgan fingerprint density at radius 3 is 2.00 bits per heavy atom. The van der Waals surface area contributed by atoms with Gasteiger partial charge >= 0.3 is 10.4 Å². The molecule has 2 atom stereocenters. The predicted octanol–water partition coefficient (Wildman–Crippen LogP) is 4.85. The smallest absolute Gasteiger partial charge is 0.264 e. The van der Waals surface area contributed by atoms with Crippen molar-refractivity contribution in [2.75, 3.05) is 6.61 Å². The molecule has 0 fully saturated rings. The topological polar surface area (TPSA) is 63.6 Å². The summed E-state index contributed by atoms with van der Waals surface area (Å²) < 4.78 is 33.9. The molecule has 0 aliphatic carbocycles. The molecule has 0 aromatic rings. The van der Waals surface area contributed by atoms with Crippen LogP contribution in [0.5, 0.6) is 0 Å². The summed E-state index contributed by atoms with van der Waals surface area (Å²) in [5.74, 6) is 2.05. The Hall–Kier alpha value is -0.130. The maximum absolute atomic E-state index is 10.5. The average Bonchev–Trinajstić information content (AvgIpc) is 2.35. The van der Waals surface area contributed by atoms with Crippen LogP contribution in [0.25, 0.3) is 0 Å². The first-order chi connectivity index (χ1) is 9.74. The van der Waals surface area contributed by atoms with E-state index in [0.29, 0.717) is 12.3 Å². The number of rotatable bonds is 13. The largest absolute Gasteiger partial charge is 0.397 e. The molecule has 5 heteroatoms. The molecule has 0 radical (unpaired) electrons. The van der Waals surface area contributed by atoms with E-state index in [1.807, 2.05) is 0 Å². The maximum atomic E-state index is 10.5. The molecule has 0 rings (SSSR count). The molecule has 0 aliphatic heterocycles. The van der Waals surface area contributed by atoms with Gasteiger partial charge in [0.1, 0.15) is 0 Å². The first kappa shape index (κ1) is 20.9. The molecule has 0 saturated carbocycles. The van der Waals surface area contributed by atoms with Crippen molar-refractivity contribution in [1.29, 1.82) is 0 Å². The zero-order valence-corrected chi connectivity index (χ0v) is 15.0. The molecule has 0 aromatic carbocycles. The van der Waals surface area contributed by atoms with Crippen molar-refractivity contribution in [1.82, 2.24) is 0 Å². The van der Waals surface area contributed by atoms with E-state index >= 15 is 0 Å². The Morgan fingerprint density at radius 2 is 1.52 bits per heavy atom. The normalized spacial score (nSPS) is 15.3. The fourth-order valence-electron chi connectivity index (χ4n) is 2.65. The van der Waals surface area contributed by atoms with Crippen LogP contribution in [0, 0.1) is 17.8 Å². The van der Waals surface area contributed by atoms with Crippen LogP contribution in [-0.2, 0) is 14.6 Å². The van der Waals surface area contributed by atoms with Gasteiger partial charge in [0.05, 0.1) is 6.61 Å². The highest BCUT2D eigenvalue weighted by Crippen LogP contribution is 2.22. The van der Waals surface area contributed by atoms with Crippen molar-refractivity contribution in [2.24, 2.45) is 17.8 Å². The standard InChI is InChI=1S/C16H34O4S/c1-5-16(12-13-20-21(17,18)19)11-7-10-15(4)9-6-8-14(2)3/h14-16H,5-13H2,1-4H3,(H,17,18,19). The second-order valence-electron chi connectivity index (χ2n) is 6.67. The quantitative estimate of drug-likeness (QED) is 0.492. The molecule has 0 spiro atoms. The van der Waals surface area contributed by atoms with Gasteiger partial charge in [0.15, 0.2) is 0 Å². The Labute approximate surface area is 131 Å². The van der Waals surface area contributed by atoms with Gasteiger partial charge in [-0.25, -0.2) is 4.18 Å². The van der Waals surface area contributed by atoms with E-state index in [1.54, 1.807) is 0 Å². The van der Waals surface area contributed by atoms with Crippen molar-refractivity contribution in [3.63, 3.8) is 0 Å². The maximum Gasteiger partial charge on any atom is 0.397 e. The lowest BCUT2D eigenvalue weighted by molar-refractivity contribution is 0.237. The van der Waals surface area contributed by atoms with Gasteiger partial charge in [-0.2, -0.15) is 8.42 Å². The van der Waals surface area contributed by atoms with E-state index in [0.717, 1.165) is 24.7 Å². The molecule has 0 aliphatic rings. The van der Waals surface area contributed by atoms with Gasteiger partial charge < -0.3 is 0 Å². The minimum atomic E-state index is -4.28. The van der Waals surface area contributed by atoms with Crippen molar-refractivity contribution in [3.8, 4) is 0 Å². The second-order valence-corrected chi connectivity index (χ2v) is 7.76. The van der Waals surface area contributed by atoms with Gasteiger partial charge in [-0.05, 0) is 24.2 Å². The Bertz CT molecular complexity index is 338. The van der Waals surface area contributed by atoms with Gasteiger partial charge in [-0.3, -0.25) is 4.55 Å². The van der Waals surface area contributed by atoms with E-state index in [4.69, 9.17) is 4.55 Å². The van der Waals surface area contributed by atoms with Gasteiger partial charge in [-0.1, -0.05) is 72.6 Å².